The number of piperazine rings is 1. The second-order valence-electron chi connectivity index (χ2n) is 10.3. The van der Waals surface area contributed by atoms with Gasteiger partial charge in [0.15, 0.2) is 0 Å². The Bertz CT molecular complexity index is 1270. The molecule has 2 aliphatic heterocycles. The summed E-state index contributed by atoms with van der Waals surface area (Å²) in [6.07, 6.45) is 3.24. The number of hydrogen-bond acceptors (Lipinski definition) is 7. The van der Waals surface area contributed by atoms with Gasteiger partial charge in [0.05, 0.1) is 28.0 Å². The van der Waals surface area contributed by atoms with Crippen LogP contribution in [0.3, 0.4) is 0 Å². The first-order valence-electron chi connectivity index (χ1n) is 13.3. The predicted molar refractivity (Wildman–Crippen MR) is 162 cm³/mol. The molecule has 0 atom stereocenters. The summed E-state index contributed by atoms with van der Waals surface area (Å²) in [6.45, 7) is 8.03. The van der Waals surface area contributed by atoms with Gasteiger partial charge >= 0.3 is 5.30 Å². The van der Waals surface area contributed by atoms with Crippen molar-refractivity contribution >= 4 is 69.1 Å². The summed E-state index contributed by atoms with van der Waals surface area (Å²) in [6, 6.07) is 9.43. The van der Waals surface area contributed by atoms with Gasteiger partial charge in [0, 0.05) is 44.4 Å². The monoisotopic (exact) mass is 608 g/mol. The second kappa shape index (κ2) is 13.3. The van der Waals surface area contributed by atoms with Gasteiger partial charge in [-0.25, -0.2) is 4.79 Å². The summed E-state index contributed by atoms with van der Waals surface area (Å²) in [5.74, 6) is 0.355. The third kappa shape index (κ3) is 7.75. The number of fused-ring (bicyclic) bond motifs is 1. The maximum atomic E-state index is 12.6. The summed E-state index contributed by atoms with van der Waals surface area (Å²) in [5, 5.41) is 14.1. The van der Waals surface area contributed by atoms with E-state index in [-0.39, 0.29) is 10.9 Å². The Morgan fingerprint density at radius 3 is 2.55 bits per heavy atom. The van der Waals surface area contributed by atoms with Crippen LogP contribution in [0, 0.1) is 0 Å². The van der Waals surface area contributed by atoms with Gasteiger partial charge in [-0.2, -0.15) is 0 Å². The predicted octanol–water partition coefficient (Wildman–Crippen LogP) is 5.99. The molecule has 0 unspecified atom stereocenters. The standard InChI is InChI=1S/C28H34Cl2N4O5S/c1-28(2,40-27(37)38)26(36)32-20-8-9-22(25(30)24(20)29)34-14-12-33(13-15-34)11-3-4-16-39-19-7-5-18-6-10-23(35)31-21(18)17-19/h5,7-9,17H,3-4,6,10-16H2,1-2H3,(H,31,35)(H,32,36)(H,37,38). The molecule has 216 valence electrons. The van der Waals surface area contributed by atoms with Gasteiger partial charge in [0.25, 0.3) is 0 Å². The first-order chi connectivity index (χ1) is 19.0. The van der Waals surface area contributed by atoms with Gasteiger partial charge in [-0.3, -0.25) is 14.5 Å². The molecular formula is C28H34Cl2N4O5S. The molecule has 0 aromatic heterocycles. The number of benzene rings is 2. The summed E-state index contributed by atoms with van der Waals surface area (Å²) < 4.78 is 4.73. The fourth-order valence-corrected chi connectivity index (χ4v) is 5.77. The molecule has 0 bridgehead atoms. The molecule has 3 N–H and O–H groups in total. The molecule has 0 spiro atoms. The Labute approximate surface area is 248 Å². The number of nitrogens with one attached hydrogen (secondary N) is 2. The molecule has 2 amide bonds. The first kappa shape index (κ1) is 30.3. The molecule has 0 saturated carbocycles. The number of carbonyl (C=O) groups excluding carboxylic acids is 2. The number of hydrogen-bond donors (Lipinski definition) is 3. The summed E-state index contributed by atoms with van der Waals surface area (Å²) in [4.78, 5) is 39.8. The van der Waals surface area contributed by atoms with Gasteiger partial charge in [0.1, 0.15) is 10.5 Å². The molecule has 12 heteroatoms. The minimum atomic E-state index is -1.18. The largest absolute Gasteiger partial charge is 0.494 e. The van der Waals surface area contributed by atoms with E-state index < -0.39 is 16.0 Å². The zero-order valence-corrected chi connectivity index (χ0v) is 24.9. The Balaban J connectivity index is 1.20. The van der Waals surface area contributed by atoms with Gasteiger partial charge in [-0.05, 0) is 75.2 Å². The van der Waals surface area contributed by atoms with Crippen molar-refractivity contribution in [3.05, 3.63) is 45.9 Å². The average Bonchev–Trinajstić information content (AvgIpc) is 2.90. The zero-order chi connectivity index (χ0) is 28.9. The Hall–Kier alpha value is -2.66. The molecule has 2 heterocycles. The lowest BCUT2D eigenvalue weighted by Crippen LogP contribution is -2.46. The molecule has 1 fully saturated rings. The maximum Gasteiger partial charge on any atom is 0.365 e. The molecule has 0 aliphatic carbocycles. The average molecular weight is 610 g/mol. The number of nitrogens with zero attached hydrogens (tertiary/aromatic N) is 2. The topological polar surface area (TPSA) is 111 Å². The highest BCUT2D eigenvalue weighted by atomic mass is 35.5. The van der Waals surface area contributed by atoms with Crippen molar-refractivity contribution in [2.24, 2.45) is 0 Å². The van der Waals surface area contributed by atoms with E-state index in [2.05, 4.69) is 20.4 Å². The van der Waals surface area contributed by atoms with Crippen LogP contribution in [-0.2, 0) is 16.0 Å². The highest BCUT2D eigenvalue weighted by molar-refractivity contribution is 8.14. The molecular weight excluding hydrogens is 575 g/mol. The van der Waals surface area contributed by atoms with Crippen LogP contribution in [0.15, 0.2) is 30.3 Å². The van der Waals surface area contributed by atoms with Crippen LogP contribution in [0.1, 0.15) is 38.7 Å². The summed E-state index contributed by atoms with van der Waals surface area (Å²) >= 11 is 13.6. The van der Waals surface area contributed by atoms with Crippen molar-refractivity contribution in [2.75, 3.05) is 54.9 Å². The van der Waals surface area contributed by atoms with Crippen LogP contribution < -0.4 is 20.3 Å². The number of carbonyl (C=O) groups is 3. The first-order valence-corrected chi connectivity index (χ1v) is 14.8. The number of carboxylic acid groups (broad SMARTS) is 1. The molecule has 2 aromatic carbocycles. The van der Waals surface area contributed by atoms with Crippen LogP contribution in [0.4, 0.5) is 21.9 Å². The normalized spacial score (nSPS) is 15.8. The fraction of sp³-hybridized carbons (Fsp3) is 0.464. The van der Waals surface area contributed by atoms with E-state index in [0.717, 1.165) is 74.7 Å². The lowest BCUT2D eigenvalue weighted by Gasteiger charge is -2.36. The molecule has 2 aromatic rings. The van der Waals surface area contributed by atoms with Gasteiger partial charge < -0.3 is 25.4 Å². The van der Waals surface area contributed by atoms with Gasteiger partial charge in [-0.15, -0.1) is 0 Å². The molecule has 1 saturated heterocycles. The van der Waals surface area contributed by atoms with E-state index >= 15 is 0 Å². The van der Waals surface area contributed by atoms with Crippen molar-refractivity contribution in [1.29, 1.82) is 0 Å². The highest BCUT2D eigenvalue weighted by Crippen LogP contribution is 2.39. The molecule has 40 heavy (non-hydrogen) atoms. The van der Waals surface area contributed by atoms with Crippen molar-refractivity contribution in [2.45, 2.75) is 44.3 Å². The number of unbranched alkanes of at least 4 members (excludes halogenated alkanes) is 1. The summed E-state index contributed by atoms with van der Waals surface area (Å²) in [5.41, 5.74) is 3.15. The number of rotatable bonds is 10. The van der Waals surface area contributed by atoms with Crippen molar-refractivity contribution < 1.29 is 24.2 Å². The van der Waals surface area contributed by atoms with Crippen molar-refractivity contribution in [1.82, 2.24) is 4.90 Å². The van der Waals surface area contributed by atoms with Crippen LogP contribution in [0.25, 0.3) is 0 Å². The van der Waals surface area contributed by atoms with Crippen molar-refractivity contribution in [3.63, 3.8) is 0 Å². The number of aryl methyl sites for hydroxylation is 1. The highest BCUT2D eigenvalue weighted by Gasteiger charge is 2.32. The summed E-state index contributed by atoms with van der Waals surface area (Å²) in [7, 11) is 0. The molecule has 9 nitrogen and oxygen atoms in total. The minimum absolute atomic E-state index is 0.0500. The van der Waals surface area contributed by atoms with Crippen LogP contribution in [0.5, 0.6) is 5.75 Å². The second-order valence-corrected chi connectivity index (χ2v) is 12.7. The van der Waals surface area contributed by atoms with Gasteiger partial charge in [-0.1, -0.05) is 29.3 Å². The zero-order valence-electron chi connectivity index (χ0n) is 22.6. The Morgan fingerprint density at radius 2 is 1.82 bits per heavy atom. The van der Waals surface area contributed by atoms with E-state index in [1.54, 1.807) is 6.07 Å². The van der Waals surface area contributed by atoms with Crippen LogP contribution in [-0.4, -0.2) is 71.2 Å². The number of ether oxygens (including phenoxy) is 1. The fourth-order valence-electron chi connectivity index (χ4n) is 4.70. The van der Waals surface area contributed by atoms with Crippen molar-refractivity contribution in [3.8, 4) is 5.75 Å². The van der Waals surface area contributed by atoms with E-state index in [1.165, 1.54) is 13.8 Å². The third-order valence-corrected chi connectivity index (χ3v) is 8.77. The SMILES string of the molecule is CC(C)(SC(=O)O)C(=O)Nc1ccc(N2CCN(CCCCOc3ccc4c(c3)NC(=O)CC4)CC2)c(Cl)c1Cl. The maximum absolute atomic E-state index is 12.6. The lowest BCUT2D eigenvalue weighted by molar-refractivity contribution is -0.118. The number of thioether (sulfide) groups is 1. The smallest absolute Gasteiger partial charge is 0.365 e. The van der Waals surface area contributed by atoms with Gasteiger partial charge in [0.2, 0.25) is 11.8 Å². The van der Waals surface area contributed by atoms with Crippen LogP contribution in [0.2, 0.25) is 10.0 Å². The Kier molecular flexibility index (Phi) is 10.1. The number of anilines is 3. The quantitative estimate of drug-likeness (QED) is 0.282. The van der Waals surface area contributed by atoms with E-state index in [4.69, 9.17) is 33.0 Å². The third-order valence-electron chi connectivity index (χ3n) is 7.03. The van der Waals surface area contributed by atoms with E-state index in [1.807, 2.05) is 24.3 Å². The van der Waals surface area contributed by atoms with E-state index in [9.17, 15) is 14.4 Å². The van der Waals surface area contributed by atoms with Crippen LogP contribution >= 0.6 is 35.0 Å². The molecule has 0 radical (unpaired) electrons. The number of amides is 2. The van der Waals surface area contributed by atoms with E-state index in [0.29, 0.717) is 35.5 Å². The minimum Gasteiger partial charge on any atom is -0.494 e. The molecule has 2 aliphatic rings. The lowest BCUT2D eigenvalue weighted by atomic mass is 10.0. The Morgan fingerprint density at radius 1 is 1.07 bits per heavy atom. The molecule has 4 rings (SSSR count). The number of halogens is 2.